The van der Waals surface area contributed by atoms with Gasteiger partial charge in [-0.2, -0.15) is 0 Å². The summed E-state index contributed by atoms with van der Waals surface area (Å²) in [4.78, 5) is 20.6. The van der Waals surface area contributed by atoms with Gasteiger partial charge in [-0.1, -0.05) is 18.2 Å². The first-order valence-corrected chi connectivity index (χ1v) is 11.0. The lowest BCUT2D eigenvalue weighted by atomic mass is 9.89. The number of ether oxygens (including phenoxy) is 1. The third-order valence-electron chi connectivity index (χ3n) is 6.78. The van der Waals surface area contributed by atoms with E-state index in [2.05, 4.69) is 46.4 Å². The maximum Gasteiger partial charge on any atom is 0.228 e. The van der Waals surface area contributed by atoms with Gasteiger partial charge in [0.1, 0.15) is 5.75 Å². The zero-order valence-electron chi connectivity index (χ0n) is 17.6. The van der Waals surface area contributed by atoms with Gasteiger partial charge < -0.3 is 19.5 Å². The topological polar surface area (TPSA) is 48.6 Å². The minimum Gasteiger partial charge on any atom is -0.497 e. The zero-order chi connectivity index (χ0) is 20.5. The predicted molar refractivity (Wildman–Crippen MR) is 120 cm³/mol. The summed E-state index contributed by atoms with van der Waals surface area (Å²) in [6.45, 7) is 3.77. The average Bonchev–Trinajstić information content (AvgIpc) is 3.42. The number of carbonyl (C=O) groups is 1. The number of piperidine rings is 1. The molecule has 5 nitrogen and oxygen atoms in total. The van der Waals surface area contributed by atoms with E-state index in [1.54, 1.807) is 7.11 Å². The molecule has 3 aromatic rings. The molecule has 3 heterocycles. The van der Waals surface area contributed by atoms with Crippen molar-refractivity contribution in [3.63, 3.8) is 0 Å². The molecule has 0 radical (unpaired) electrons. The van der Waals surface area contributed by atoms with E-state index in [0.717, 1.165) is 56.9 Å². The normalized spacial score (nSPS) is 17.4. The number of aromatic amines is 1. The van der Waals surface area contributed by atoms with Crippen LogP contribution in [0.4, 0.5) is 5.69 Å². The van der Waals surface area contributed by atoms with Crippen LogP contribution in [0.25, 0.3) is 10.9 Å². The van der Waals surface area contributed by atoms with Crippen LogP contribution in [0.5, 0.6) is 5.75 Å². The first-order valence-electron chi connectivity index (χ1n) is 11.0. The summed E-state index contributed by atoms with van der Waals surface area (Å²) in [6, 6.07) is 14.5. The number of rotatable bonds is 5. The predicted octanol–water partition coefficient (Wildman–Crippen LogP) is 4.34. The van der Waals surface area contributed by atoms with Gasteiger partial charge in [0.15, 0.2) is 0 Å². The third kappa shape index (κ3) is 3.58. The Kier molecular flexibility index (Phi) is 5.21. The number of hydrogen-bond acceptors (Lipinski definition) is 3. The van der Waals surface area contributed by atoms with Crippen LogP contribution < -0.4 is 9.64 Å². The van der Waals surface area contributed by atoms with Crippen molar-refractivity contribution < 1.29 is 9.53 Å². The van der Waals surface area contributed by atoms with Gasteiger partial charge in [-0.05, 0) is 73.7 Å². The van der Waals surface area contributed by atoms with Crippen LogP contribution in [0.3, 0.4) is 0 Å². The van der Waals surface area contributed by atoms with Crippen molar-refractivity contribution in [3.8, 4) is 5.75 Å². The summed E-state index contributed by atoms with van der Waals surface area (Å²) >= 11 is 0. The summed E-state index contributed by atoms with van der Waals surface area (Å²) < 4.78 is 5.41. The molecule has 1 fully saturated rings. The Labute approximate surface area is 177 Å². The lowest BCUT2D eigenvalue weighted by Crippen LogP contribution is -2.37. The summed E-state index contributed by atoms with van der Waals surface area (Å²) in [7, 11) is 1.72. The first kappa shape index (κ1) is 19.2. The minimum absolute atomic E-state index is 0.255. The number of aromatic nitrogens is 1. The maximum absolute atomic E-state index is 12.8. The summed E-state index contributed by atoms with van der Waals surface area (Å²) in [6.07, 6.45) is 6.00. The molecule has 30 heavy (non-hydrogen) atoms. The van der Waals surface area contributed by atoms with E-state index in [0.29, 0.717) is 12.3 Å². The summed E-state index contributed by atoms with van der Waals surface area (Å²) in [5.74, 6) is 1.72. The fourth-order valence-electron chi connectivity index (χ4n) is 5.04. The minimum atomic E-state index is 0.255. The molecule has 2 aromatic carbocycles. The number of likely N-dealkylation sites (tertiary alicyclic amines) is 1. The van der Waals surface area contributed by atoms with Crippen molar-refractivity contribution in [2.45, 2.75) is 31.6 Å². The Hall–Kier alpha value is -2.79. The number of methoxy groups -OCH3 is 1. The number of H-pyrrole nitrogens is 1. The SMILES string of the molecule is COc1ccc2[nH]cc(C3CCN(CCC(=O)N4CCc5ccccc54)CC3)c2c1. The molecule has 1 aromatic heterocycles. The molecule has 1 saturated heterocycles. The van der Waals surface area contributed by atoms with E-state index < -0.39 is 0 Å². The monoisotopic (exact) mass is 403 g/mol. The molecule has 0 spiro atoms. The van der Waals surface area contributed by atoms with Crippen molar-refractivity contribution in [1.82, 2.24) is 9.88 Å². The van der Waals surface area contributed by atoms with Crippen molar-refractivity contribution in [2.24, 2.45) is 0 Å². The Morgan fingerprint density at radius 2 is 1.97 bits per heavy atom. The number of carbonyl (C=O) groups excluding carboxylic acids is 1. The molecule has 5 heteroatoms. The number of nitrogens with one attached hydrogen (secondary N) is 1. The molecule has 2 aliphatic rings. The molecule has 0 unspecified atom stereocenters. The lowest BCUT2D eigenvalue weighted by Gasteiger charge is -2.32. The number of amides is 1. The van der Waals surface area contributed by atoms with Gasteiger partial charge >= 0.3 is 0 Å². The van der Waals surface area contributed by atoms with Crippen LogP contribution >= 0.6 is 0 Å². The number of fused-ring (bicyclic) bond motifs is 2. The van der Waals surface area contributed by atoms with Crippen molar-refractivity contribution in [3.05, 3.63) is 59.8 Å². The van der Waals surface area contributed by atoms with Gasteiger partial charge in [-0.15, -0.1) is 0 Å². The first-order chi connectivity index (χ1) is 14.7. The highest BCUT2D eigenvalue weighted by Crippen LogP contribution is 2.35. The van der Waals surface area contributed by atoms with Crippen LogP contribution in [-0.4, -0.2) is 49.1 Å². The number of anilines is 1. The smallest absolute Gasteiger partial charge is 0.228 e. The average molecular weight is 404 g/mol. The largest absolute Gasteiger partial charge is 0.497 e. The van der Waals surface area contributed by atoms with Crippen LogP contribution in [-0.2, 0) is 11.2 Å². The quantitative estimate of drug-likeness (QED) is 0.690. The van der Waals surface area contributed by atoms with Crippen LogP contribution in [0, 0.1) is 0 Å². The molecule has 5 rings (SSSR count). The molecule has 2 aliphatic heterocycles. The second kappa shape index (κ2) is 8.15. The molecule has 0 bridgehead atoms. The molecule has 156 valence electrons. The highest BCUT2D eigenvalue weighted by molar-refractivity contribution is 5.95. The second-order valence-electron chi connectivity index (χ2n) is 8.45. The van der Waals surface area contributed by atoms with Gasteiger partial charge in [-0.3, -0.25) is 4.79 Å². The molecule has 0 saturated carbocycles. The second-order valence-corrected chi connectivity index (χ2v) is 8.45. The number of hydrogen-bond donors (Lipinski definition) is 1. The van der Waals surface area contributed by atoms with E-state index in [9.17, 15) is 4.79 Å². The van der Waals surface area contributed by atoms with Crippen molar-refractivity contribution in [2.75, 3.05) is 38.2 Å². The molecule has 1 N–H and O–H groups in total. The van der Waals surface area contributed by atoms with E-state index in [1.165, 1.54) is 22.0 Å². The Morgan fingerprint density at radius 3 is 2.80 bits per heavy atom. The van der Waals surface area contributed by atoms with Crippen LogP contribution in [0.15, 0.2) is 48.7 Å². The van der Waals surface area contributed by atoms with Crippen LogP contribution in [0.2, 0.25) is 0 Å². The van der Waals surface area contributed by atoms with Gasteiger partial charge in [-0.25, -0.2) is 0 Å². The van der Waals surface area contributed by atoms with E-state index in [-0.39, 0.29) is 5.91 Å². The molecule has 1 amide bonds. The lowest BCUT2D eigenvalue weighted by molar-refractivity contribution is -0.118. The number of benzene rings is 2. The van der Waals surface area contributed by atoms with E-state index in [1.807, 2.05) is 17.0 Å². The Balaban J connectivity index is 1.17. The van der Waals surface area contributed by atoms with Gasteiger partial charge in [0.2, 0.25) is 5.91 Å². The summed E-state index contributed by atoms with van der Waals surface area (Å²) in [5.41, 5.74) is 4.97. The fraction of sp³-hybridized carbons (Fsp3) is 0.400. The van der Waals surface area contributed by atoms with Gasteiger partial charge in [0.25, 0.3) is 0 Å². The standard InChI is InChI=1S/C25H29N3O2/c1-30-20-6-7-23-21(16-20)22(17-26-23)18-8-12-27(13-9-18)14-11-25(29)28-15-10-19-4-2-3-5-24(19)28/h2-7,16-18,26H,8-15H2,1H3. The van der Waals surface area contributed by atoms with E-state index in [4.69, 9.17) is 4.74 Å². The van der Waals surface area contributed by atoms with Crippen molar-refractivity contribution >= 4 is 22.5 Å². The highest BCUT2D eigenvalue weighted by atomic mass is 16.5. The Morgan fingerprint density at radius 1 is 1.13 bits per heavy atom. The number of para-hydroxylation sites is 1. The molecular weight excluding hydrogens is 374 g/mol. The van der Waals surface area contributed by atoms with Crippen LogP contribution in [0.1, 0.15) is 36.3 Å². The third-order valence-corrected chi connectivity index (χ3v) is 6.78. The van der Waals surface area contributed by atoms with Gasteiger partial charge in [0.05, 0.1) is 7.11 Å². The van der Waals surface area contributed by atoms with E-state index >= 15 is 0 Å². The maximum atomic E-state index is 12.8. The van der Waals surface area contributed by atoms with Gasteiger partial charge in [0, 0.05) is 42.3 Å². The zero-order valence-corrected chi connectivity index (χ0v) is 17.6. The molecule has 0 aliphatic carbocycles. The summed E-state index contributed by atoms with van der Waals surface area (Å²) in [5, 5.41) is 1.27. The fourth-order valence-corrected chi connectivity index (χ4v) is 5.04. The number of nitrogens with zero attached hydrogens (tertiary/aromatic N) is 2. The molecule has 0 atom stereocenters. The Bertz CT molecular complexity index is 1050. The molecular formula is C25H29N3O2. The van der Waals surface area contributed by atoms with Crippen molar-refractivity contribution in [1.29, 1.82) is 0 Å². The highest BCUT2D eigenvalue weighted by Gasteiger charge is 2.26.